The Morgan fingerprint density at radius 2 is 0.722 bits per heavy atom. The van der Waals surface area contributed by atoms with Crippen LogP contribution in [0.4, 0.5) is 0 Å². The van der Waals surface area contributed by atoms with Crippen LogP contribution in [0.25, 0.3) is 120 Å². The maximum Gasteiger partial charge on any atom is 0.143 e. The topological polar surface area (TPSA) is 26.3 Å². The Balaban J connectivity index is 1.19. The third-order valence-corrected chi connectivity index (χ3v) is 11.5. The van der Waals surface area contributed by atoms with Crippen molar-refractivity contribution in [2.45, 2.75) is 0 Å². The van der Waals surface area contributed by atoms with Crippen LogP contribution in [0.15, 0.2) is 191 Å². The third-order valence-electron chi connectivity index (χ3n) is 11.5. The quantitative estimate of drug-likeness (QED) is 0.173. The van der Waals surface area contributed by atoms with E-state index in [1.54, 1.807) is 0 Å². The average Bonchev–Trinajstić information content (AvgIpc) is 3.80. The molecule has 0 amide bonds. The fourth-order valence-corrected chi connectivity index (χ4v) is 9.12. The zero-order valence-corrected chi connectivity index (χ0v) is 29.1. The normalized spacial score (nSPS) is 12.1. The molecule has 0 aliphatic carbocycles. The zero-order chi connectivity index (χ0) is 35.3. The molecule has 54 heavy (non-hydrogen) atoms. The molecule has 2 aromatic heterocycles. The van der Waals surface area contributed by atoms with Crippen LogP contribution in [0.1, 0.15) is 0 Å². The van der Waals surface area contributed by atoms with E-state index < -0.39 is 0 Å². The van der Waals surface area contributed by atoms with E-state index >= 15 is 0 Å². The molecule has 0 saturated carbocycles. The van der Waals surface area contributed by atoms with Crippen molar-refractivity contribution in [3.63, 3.8) is 0 Å². The van der Waals surface area contributed by atoms with Crippen molar-refractivity contribution >= 4 is 87.0 Å². The van der Waals surface area contributed by atoms with E-state index in [1.807, 2.05) is 18.2 Å². The van der Waals surface area contributed by atoms with Gasteiger partial charge in [-0.1, -0.05) is 152 Å². The predicted molar refractivity (Wildman–Crippen MR) is 227 cm³/mol. The summed E-state index contributed by atoms with van der Waals surface area (Å²) < 4.78 is 13.1. The Labute approximate surface area is 310 Å². The van der Waals surface area contributed by atoms with Crippen LogP contribution in [-0.2, 0) is 0 Å². The molecule has 0 atom stereocenters. The van der Waals surface area contributed by atoms with Crippen molar-refractivity contribution in [3.8, 4) is 33.4 Å². The molecule has 0 radical (unpaired) electrons. The van der Waals surface area contributed by atoms with Gasteiger partial charge >= 0.3 is 0 Å². The van der Waals surface area contributed by atoms with Crippen LogP contribution >= 0.6 is 0 Å². The Hall–Kier alpha value is -7.16. The van der Waals surface area contributed by atoms with Crippen LogP contribution in [0.3, 0.4) is 0 Å². The molecule has 0 unspecified atom stereocenters. The minimum Gasteiger partial charge on any atom is -0.456 e. The largest absolute Gasteiger partial charge is 0.456 e. The summed E-state index contributed by atoms with van der Waals surface area (Å²) in [6.45, 7) is 0. The molecular formula is C52H30O2. The van der Waals surface area contributed by atoms with Gasteiger partial charge in [0.2, 0.25) is 0 Å². The van der Waals surface area contributed by atoms with E-state index in [-0.39, 0.29) is 0 Å². The first kappa shape index (κ1) is 29.4. The molecule has 0 aliphatic rings. The van der Waals surface area contributed by atoms with Gasteiger partial charge in [-0.2, -0.15) is 0 Å². The fourth-order valence-electron chi connectivity index (χ4n) is 9.12. The Morgan fingerprint density at radius 3 is 1.39 bits per heavy atom. The lowest BCUT2D eigenvalue weighted by molar-refractivity contribution is 0.667. The summed E-state index contributed by atoms with van der Waals surface area (Å²) in [6.07, 6.45) is 0. The summed E-state index contributed by atoms with van der Waals surface area (Å²) in [5, 5.41) is 14.1. The Kier molecular flexibility index (Phi) is 6.09. The maximum absolute atomic E-state index is 6.63. The summed E-state index contributed by atoms with van der Waals surface area (Å²) in [5.41, 5.74) is 10.9. The van der Waals surface area contributed by atoms with Gasteiger partial charge < -0.3 is 8.83 Å². The van der Waals surface area contributed by atoms with Gasteiger partial charge in [-0.05, 0) is 101 Å². The minimum absolute atomic E-state index is 0.862. The van der Waals surface area contributed by atoms with Gasteiger partial charge in [0.25, 0.3) is 0 Å². The second kappa shape index (κ2) is 11.2. The van der Waals surface area contributed by atoms with Crippen LogP contribution in [-0.4, -0.2) is 0 Å². The lowest BCUT2D eigenvalue weighted by atomic mass is 9.83. The molecule has 0 bridgehead atoms. The van der Waals surface area contributed by atoms with Gasteiger partial charge in [-0.15, -0.1) is 0 Å². The van der Waals surface area contributed by atoms with Crippen molar-refractivity contribution < 1.29 is 8.83 Å². The molecule has 2 heteroatoms. The van der Waals surface area contributed by atoms with Gasteiger partial charge in [-0.25, -0.2) is 0 Å². The molecule has 250 valence electrons. The van der Waals surface area contributed by atoms with Crippen LogP contribution in [0.2, 0.25) is 0 Å². The average molecular weight is 687 g/mol. The number of rotatable bonds is 3. The van der Waals surface area contributed by atoms with E-state index in [0.29, 0.717) is 0 Å². The molecule has 0 spiro atoms. The molecular weight excluding hydrogens is 657 g/mol. The number of furan rings is 2. The Bertz CT molecular complexity index is 3430. The van der Waals surface area contributed by atoms with Gasteiger partial charge in [0.05, 0.1) is 0 Å². The first-order chi connectivity index (χ1) is 26.8. The minimum atomic E-state index is 0.862. The first-order valence-electron chi connectivity index (χ1n) is 18.5. The number of hydrogen-bond donors (Lipinski definition) is 0. The van der Waals surface area contributed by atoms with E-state index in [4.69, 9.17) is 8.83 Å². The second-order valence-corrected chi connectivity index (χ2v) is 14.3. The number of fused-ring (bicyclic) bond motifs is 11. The zero-order valence-electron chi connectivity index (χ0n) is 29.1. The standard InChI is InChI=1S/C52H30O2/c1-2-14-31(15-3-1)50-37-20-6-8-22-39(37)51(40-23-9-7-21-38(40)50)41-27-26-34(32-16-4-5-17-33(32)41)42-29-45-36-19-11-13-25-48(36)54-52(45)46-30-49-44(28-43(42)46)35-18-10-12-24-47(35)53-49/h1-30H. The van der Waals surface area contributed by atoms with E-state index in [0.717, 1.165) is 54.6 Å². The monoisotopic (exact) mass is 686 g/mol. The van der Waals surface area contributed by atoms with E-state index in [9.17, 15) is 0 Å². The molecule has 0 fully saturated rings. The number of hydrogen-bond acceptors (Lipinski definition) is 2. The van der Waals surface area contributed by atoms with Crippen molar-refractivity contribution in [3.05, 3.63) is 182 Å². The van der Waals surface area contributed by atoms with Gasteiger partial charge in [-0.3, -0.25) is 0 Å². The smallest absolute Gasteiger partial charge is 0.143 e. The lowest BCUT2D eigenvalue weighted by Crippen LogP contribution is -1.92. The SMILES string of the molecule is c1ccc(-c2c3ccccc3c(-c3ccc(-c4cc5c6ccccc6oc5c5cc6oc7ccccc7c6cc45)c4ccccc34)c3ccccc23)cc1. The highest BCUT2D eigenvalue weighted by Gasteiger charge is 2.22. The predicted octanol–water partition coefficient (Wildman–Crippen LogP) is 15.1. The van der Waals surface area contributed by atoms with Crippen LogP contribution in [0, 0.1) is 0 Å². The second-order valence-electron chi connectivity index (χ2n) is 14.3. The third kappa shape index (κ3) is 4.11. The highest BCUT2D eigenvalue weighted by atomic mass is 16.3. The van der Waals surface area contributed by atoms with Gasteiger partial charge in [0.1, 0.15) is 22.3 Å². The van der Waals surface area contributed by atoms with Crippen molar-refractivity contribution in [1.29, 1.82) is 0 Å². The molecule has 2 nitrogen and oxygen atoms in total. The molecule has 12 rings (SSSR count). The summed E-state index contributed by atoms with van der Waals surface area (Å²) in [5.74, 6) is 0. The lowest BCUT2D eigenvalue weighted by Gasteiger charge is -2.20. The first-order valence-corrected chi connectivity index (χ1v) is 18.5. The van der Waals surface area contributed by atoms with Gasteiger partial charge in [0.15, 0.2) is 0 Å². The number of benzene rings is 10. The molecule has 0 N–H and O–H groups in total. The van der Waals surface area contributed by atoms with Crippen LogP contribution < -0.4 is 0 Å². The van der Waals surface area contributed by atoms with E-state index in [1.165, 1.54) is 65.7 Å². The summed E-state index contributed by atoms with van der Waals surface area (Å²) >= 11 is 0. The highest BCUT2D eigenvalue weighted by molar-refractivity contribution is 6.27. The van der Waals surface area contributed by atoms with Crippen molar-refractivity contribution in [1.82, 2.24) is 0 Å². The molecule has 0 aliphatic heterocycles. The fraction of sp³-hybridized carbons (Fsp3) is 0. The Morgan fingerprint density at radius 1 is 0.241 bits per heavy atom. The summed E-state index contributed by atoms with van der Waals surface area (Å²) in [4.78, 5) is 0. The van der Waals surface area contributed by atoms with E-state index in [2.05, 4.69) is 164 Å². The van der Waals surface area contributed by atoms with Crippen molar-refractivity contribution in [2.24, 2.45) is 0 Å². The summed E-state index contributed by atoms with van der Waals surface area (Å²) in [6, 6.07) is 65.7. The maximum atomic E-state index is 6.63. The van der Waals surface area contributed by atoms with Crippen molar-refractivity contribution in [2.75, 3.05) is 0 Å². The molecule has 10 aromatic carbocycles. The van der Waals surface area contributed by atoms with Gasteiger partial charge in [0, 0.05) is 26.9 Å². The molecule has 12 aromatic rings. The molecule has 0 saturated heterocycles. The van der Waals surface area contributed by atoms with Crippen LogP contribution in [0.5, 0.6) is 0 Å². The number of para-hydroxylation sites is 2. The summed E-state index contributed by atoms with van der Waals surface area (Å²) in [7, 11) is 0. The highest BCUT2D eigenvalue weighted by Crippen LogP contribution is 2.48. The molecule has 2 heterocycles.